The van der Waals surface area contributed by atoms with Crippen molar-refractivity contribution in [3.05, 3.63) is 69.7 Å². The second kappa shape index (κ2) is 8.26. The minimum absolute atomic E-state index is 0.0680. The molecule has 1 unspecified atom stereocenters. The van der Waals surface area contributed by atoms with Crippen molar-refractivity contribution in [2.45, 2.75) is 18.5 Å². The number of carboxylic acid groups (broad SMARTS) is 1. The number of aromatic carboxylic acids is 1. The lowest BCUT2D eigenvalue weighted by molar-refractivity contribution is -0.274. The van der Waals surface area contributed by atoms with Gasteiger partial charge in [-0.25, -0.2) is 4.79 Å². The van der Waals surface area contributed by atoms with Crippen LogP contribution < -0.4 is 4.74 Å². The van der Waals surface area contributed by atoms with Crippen LogP contribution in [0.1, 0.15) is 27.4 Å². The summed E-state index contributed by atoms with van der Waals surface area (Å²) in [6.07, 6.45) is -7.92. The van der Waals surface area contributed by atoms with E-state index < -0.39 is 35.7 Å². The van der Waals surface area contributed by atoms with Gasteiger partial charge in [-0.15, -0.1) is 13.2 Å². The van der Waals surface area contributed by atoms with E-state index >= 15 is 0 Å². The Morgan fingerprint density at radius 2 is 1.75 bits per heavy atom. The maximum absolute atomic E-state index is 13.4. The van der Waals surface area contributed by atoms with Gasteiger partial charge in [-0.3, -0.25) is 0 Å². The van der Waals surface area contributed by atoms with Crippen LogP contribution in [-0.4, -0.2) is 23.6 Å². The van der Waals surface area contributed by atoms with E-state index in [1.165, 1.54) is 18.2 Å². The van der Waals surface area contributed by atoms with Gasteiger partial charge < -0.3 is 9.84 Å². The van der Waals surface area contributed by atoms with Crippen molar-refractivity contribution in [2.24, 2.45) is 0 Å². The fourth-order valence-corrected chi connectivity index (χ4v) is 2.90. The Bertz CT molecular complexity index is 890. The van der Waals surface area contributed by atoms with Crippen molar-refractivity contribution < 1.29 is 41.0 Å². The van der Waals surface area contributed by atoms with Gasteiger partial charge in [0.05, 0.1) is 11.5 Å². The molecule has 1 atom stereocenters. The number of rotatable bonds is 5. The smallest absolute Gasteiger partial charge is 0.478 e. The Morgan fingerprint density at radius 1 is 1.07 bits per heavy atom. The number of benzene rings is 2. The van der Waals surface area contributed by atoms with Gasteiger partial charge in [0, 0.05) is 4.47 Å². The molecule has 2 aromatic carbocycles. The van der Waals surface area contributed by atoms with E-state index in [0.29, 0.717) is 6.07 Å². The van der Waals surface area contributed by atoms with Crippen LogP contribution in [0.25, 0.3) is 6.08 Å². The van der Waals surface area contributed by atoms with E-state index in [1.54, 1.807) is 0 Å². The van der Waals surface area contributed by atoms with Crippen LogP contribution in [0, 0.1) is 0 Å². The summed E-state index contributed by atoms with van der Waals surface area (Å²) in [7, 11) is 0. The summed E-state index contributed by atoms with van der Waals surface area (Å²) in [5.74, 6) is -4.17. The number of carboxylic acids is 1. The molecule has 150 valence electrons. The highest BCUT2D eigenvalue weighted by Gasteiger charge is 2.39. The molecule has 0 aromatic heterocycles. The van der Waals surface area contributed by atoms with Crippen LogP contribution in [0.5, 0.6) is 5.75 Å². The lowest BCUT2D eigenvalue weighted by atomic mass is 9.96. The van der Waals surface area contributed by atoms with E-state index in [4.69, 9.17) is 5.11 Å². The monoisotopic (exact) mass is 468 g/mol. The molecule has 1 N–H and O–H groups in total. The molecule has 0 amide bonds. The van der Waals surface area contributed by atoms with Gasteiger partial charge in [0.1, 0.15) is 5.75 Å². The number of alkyl halides is 6. The molecule has 0 heterocycles. The highest BCUT2D eigenvalue weighted by molar-refractivity contribution is 9.10. The maximum Gasteiger partial charge on any atom is 0.573 e. The van der Waals surface area contributed by atoms with Crippen LogP contribution in [-0.2, 0) is 0 Å². The molecule has 0 spiro atoms. The number of hydrogen-bond acceptors (Lipinski definition) is 2. The zero-order valence-corrected chi connectivity index (χ0v) is 15.3. The largest absolute Gasteiger partial charge is 0.573 e. The van der Waals surface area contributed by atoms with Crippen molar-refractivity contribution in [3.63, 3.8) is 0 Å². The molecule has 2 aromatic rings. The molecule has 0 bridgehead atoms. The van der Waals surface area contributed by atoms with E-state index in [2.05, 4.69) is 20.7 Å². The standard InChI is InChI=1S/C18H11BrF6O3/c19-15-8-10(4-6-13(15)16(26)27)5-7-14(17(20,21)22)11-2-1-3-12(9-11)28-18(23,24)25/h1-9,14H,(H,26,27)/b7-5+. The van der Waals surface area contributed by atoms with Crippen LogP contribution >= 0.6 is 15.9 Å². The van der Waals surface area contributed by atoms with Crippen molar-refractivity contribution in [1.29, 1.82) is 0 Å². The van der Waals surface area contributed by atoms with Crippen molar-refractivity contribution >= 4 is 28.0 Å². The first-order valence-electron chi connectivity index (χ1n) is 7.50. The average Bonchev–Trinajstić information content (AvgIpc) is 2.52. The van der Waals surface area contributed by atoms with Crippen LogP contribution in [0.15, 0.2) is 53.0 Å². The van der Waals surface area contributed by atoms with Crippen molar-refractivity contribution in [3.8, 4) is 5.75 Å². The molecule has 0 radical (unpaired) electrons. The number of carbonyl (C=O) groups is 1. The SMILES string of the molecule is O=C(O)c1ccc(/C=C/C(c2cccc(OC(F)(F)F)c2)C(F)(F)F)cc1Br. The van der Waals surface area contributed by atoms with Crippen LogP contribution in [0.3, 0.4) is 0 Å². The van der Waals surface area contributed by atoms with Gasteiger partial charge >= 0.3 is 18.5 Å². The summed E-state index contributed by atoms with van der Waals surface area (Å²) >= 11 is 3.02. The Labute approximate surface area is 163 Å². The van der Waals surface area contributed by atoms with Gasteiger partial charge in [0.2, 0.25) is 0 Å². The van der Waals surface area contributed by atoms with Gasteiger partial charge in [-0.05, 0) is 51.3 Å². The molecule has 0 saturated heterocycles. The fraction of sp³-hybridized carbons (Fsp3) is 0.167. The van der Waals surface area contributed by atoms with E-state index in [0.717, 1.165) is 30.4 Å². The maximum atomic E-state index is 13.4. The summed E-state index contributed by atoms with van der Waals surface area (Å²) in [6, 6.07) is 7.47. The summed E-state index contributed by atoms with van der Waals surface area (Å²) in [5, 5.41) is 8.95. The number of ether oxygens (including phenoxy) is 1. The number of allylic oxidation sites excluding steroid dienone is 1. The molecule has 2 rings (SSSR count). The van der Waals surface area contributed by atoms with E-state index in [9.17, 15) is 31.1 Å². The Morgan fingerprint density at radius 3 is 2.29 bits per heavy atom. The molecule has 10 heteroatoms. The quantitative estimate of drug-likeness (QED) is 0.516. The molecule has 0 aliphatic rings. The highest BCUT2D eigenvalue weighted by atomic mass is 79.9. The van der Waals surface area contributed by atoms with Crippen molar-refractivity contribution in [2.75, 3.05) is 0 Å². The Hall–Kier alpha value is -2.49. The third kappa shape index (κ3) is 6.01. The minimum atomic E-state index is -5.03. The molecule has 0 saturated carbocycles. The summed E-state index contributed by atoms with van der Waals surface area (Å²) in [4.78, 5) is 11.0. The molecule has 0 fully saturated rings. The predicted molar refractivity (Wildman–Crippen MR) is 92.1 cm³/mol. The number of halogens is 7. The highest BCUT2D eigenvalue weighted by Crippen LogP contribution is 2.38. The van der Waals surface area contributed by atoms with E-state index in [-0.39, 0.29) is 15.6 Å². The normalized spacial score (nSPS) is 13.5. The molecule has 28 heavy (non-hydrogen) atoms. The van der Waals surface area contributed by atoms with E-state index in [1.807, 2.05) is 0 Å². The first kappa shape index (κ1) is 21.8. The Kier molecular flexibility index (Phi) is 6.43. The molecular weight excluding hydrogens is 458 g/mol. The van der Waals surface area contributed by atoms with Gasteiger partial charge in [-0.2, -0.15) is 13.2 Å². The second-order valence-corrected chi connectivity index (χ2v) is 6.40. The van der Waals surface area contributed by atoms with Crippen LogP contribution in [0.2, 0.25) is 0 Å². The van der Waals surface area contributed by atoms with Crippen LogP contribution in [0.4, 0.5) is 26.3 Å². The summed E-state index contributed by atoms with van der Waals surface area (Å²) in [5.41, 5.74) is -0.234. The van der Waals surface area contributed by atoms with Gasteiger partial charge in [0.25, 0.3) is 0 Å². The molecular formula is C18H11BrF6O3. The van der Waals surface area contributed by atoms with Gasteiger partial charge in [0.15, 0.2) is 0 Å². The Balaban J connectivity index is 2.35. The molecule has 0 aliphatic carbocycles. The zero-order chi connectivity index (χ0) is 21.1. The predicted octanol–water partition coefficient (Wildman–Crippen LogP) is 6.41. The zero-order valence-electron chi connectivity index (χ0n) is 13.7. The fourth-order valence-electron chi connectivity index (χ4n) is 2.33. The molecule has 0 aliphatic heterocycles. The van der Waals surface area contributed by atoms with Crippen molar-refractivity contribution in [1.82, 2.24) is 0 Å². The second-order valence-electron chi connectivity index (χ2n) is 5.54. The lowest BCUT2D eigenvalue weighted by Gasteiger charge is -2.18. The first-order chi connectivity index (χ1) is 12.9. The number of hydrogen-bond donors (Lipinski definition) is 1. The average molecular weight is 469 g/mol. The summed E-state index contributed by atoms with van der Waals surface area (Å²) in [6.45, 7) is 0. The lowest BCUT2D eigenvalue weighted by Crippen LogP contribution is -2.20. The minimum Gasteiger partial charge on any atom is -0.478 e. The third-order valence-corrected chi connectivity index (χ3v) is 4.16. The topological polar surface area (TPSA) is 46.5 Å². The molecule has 3 nitrogen and oxygen atoms in total. The first-order valence-corrected chi connectivity index (χ1v) is 8.29. The third-order valence-electron chi connectivity index (χ3n) is 3.51. The van der Waals surface area contributed by atoms with Gasteiger partial charge in [-0.1, -0.05) is 30.4 Å². The summed E-state index contributed by atoms with van der Waals surface area (Å²) < 4.78 is 81.0.